The third-order valence-corrected chi connectivity index (χ3v) is 3.25. The van der Waals surface area contributed by atoms with Gasteiger partial charge in [-0.25, -0.2) is 9.79 Å². The van der Waals surface area contributed by atoms with Gasteiger partial charge in [0, 0.05) is 5.69 Å². The fourth-order valence-corrected chi connectivity index (χ4v) is 2.21. The fraction of sp³-hybridized carbons (Fsp3) is 0.333. The predicted molar refractivity (Wildman–Crippen MR) is 81.9 cm³/mol. The summed E-state index contributed by atoms with van der Waals surface area (Å²) in [4.78, 5) is 16.1. The lowest BCUT2D eigenvalue weighted by molar-refractivity contribution is 0.256. The van der Waals surface area contributed by atoms with Gasteiger partial charge in [-0.1, -0.05) is 30.4 Å². The SMILES string of the molecule is Cc1cccc(C)c1NC(=O)NC(N)=NC1C=CCC1. The van der Waals surface area contributed by atoms with Crippen LogP contribution in [0.15, 0.2) is 35.3 Å². The summed E-state index contributed by atoms with van der Waals surface area (Å²) in [6.45, 7) is 3.90. The van der Waals surface area contributed by atoms with Crippen LogP contribution in [-0.4, -0.2) is 18.0 Å². The molecule has 1 aliphatic rings. The van der Waals surface area contributed by atoms with Crippen molar-refractivity contribution in [3.05, 3.63) is 41.5 Å². The van der Waals surface area contributed by atoms with Crippen molar-refractivity contribution in [1.29, 1.82) is 0 Å². The van der Waals surface area contributed by atoms with Gasteiger partial charge in [-0.2, -0.15) is 0 Å². The second-order valence-electron chi connectivity index (χ2n) is 4.93. The molecule has 4 N–H and O–H groups in total. The van der Waals surface area contributed by atoms with E-state index >= 15 is 0 Å². The van der Waals surface area contributed by atoms with Crippen LogP contribution in [0.4, 0.5) is 10.5 Å². The van der Waals surface area contributed by atoms with Gasteiger partial charge in [0.1, 0.15) is 0 Å². The lowest BCUT2D eigenvalue weighted by Gasteiger charge is -2.12. The Bertz CT molecular complexity index is 543. The number of hydrogen-bond donors (Lipinski definition) is 3. The summed E-state index contributed by atoms with van der Waals surface area (Å²) in [5, 5.41) is 5.36. The number of carbonyl (C=O) groups excluding carboxylic acids is 1. The minimum Gasteiger partial charge on any atom is -0.370 e. The number of para-hydroxylation sites is 1. The van der Waals surface area contributed by atoms with Gasteiger partial charge in [-0.3, -0.25) is 5.32 Å². The van der Waals surface area contributed by atoms with Crippen molar-refractivity contribution in [1.82, 2.24) is 5.32 Å². The van der Waals surface area contributed by atoms with Crippen LogP contribution in [0.3, 0.4) is 0 Å². The topological polar surface area (TPSA) is 79.5 Å². The highest BCUT2D eigenvalue weighted by Crippen LogP contribution is 2.19. The van der Waals surface area contributed by atoms with E-state index in [1.54, 1.807) is 0 Å². The molecule has 20 heavy (non-hydrogen) atoms. The molecule has 1 aromatic carbocycles. The van der Waals surface area contributed by atoms with E-state index in [1.807, 2.05) is 38.1 Å². The van der Waals surface area contributed by atoms with E-state index < -0.39 is 0 Å². The van der Waals surface area contributed by atoms with Crippen LogP contribution < -0.4 is 16.4 Å². The number of nitrogens with one attached hydrogen (secondary N) is 2. The van der Waals surface area contributed by atoms with E-state index in [9.17, 15) is 4.79 Å². The summed E-state index contributed by atoms with van der Waals surface area (Å²) in [6.07, 6.45) is 6.02. The first-order valence-electron chi connectivity index (χ1n) is 6.70. The van der Waals surface area contributed by atoms with E-state index in [2.05, 4.69) is 21.7 Å². The second-order valence-corrected chi connectivity index (χ2v) is 4.93. The van der Waals surface area contributed by atoms with E-state index in [4.69, 9.17) is 5.73 Å². The van der Waals surface area contributed by atoms with Crippen LogP contribution in [0, 0.1) is 13.8 Å². The molecule has 0 saturated carbocycles. The van der Waals surface area contributed by atoms with Crippen molar-refractivity contribution in [2.75, 3.05) is 5.32 Å². The van der Waals surface area contributed by atoms with Crippen LogP contribution in [0.2, 0.25) is 0 Å². The first kappa shape index (κ1) is 14.1. The number of anilines is 1. The molecule has 0 aliphatic heterocycles. The zero-order valence-corrected chi connectivity index (χ0v) is 11.8. The van der Waals surface area contributed by atoms with E-state index in [1.165, 1.54) is 0 Å². The van der Waals surface area contributed by atoms with Crippen molar-refractivity contribution in [2.45, 2.75) is 32.7 Å². The summed E-state index contributed by atoms with van der Waals surface area (Å²) in [7, 11) is 0. The molecule has 0 saturated heterocycles. The Hall–Kier alpha value is -2.30. The number of aliphatic imine (C=N–C) groups is 1. The Labute approximate surface area is 119 Å². The molecule has 0 heterocycles. The van der Waals surface area contributed by atoms with E-state index in [-0.39, 0.29) is 18.0 Å². The molecule has 106 valence electrons. The van der Waals surface area contributed by atoms with Crippen LogP contribution in [0.25, 0.3) is 0 Å². The van der Waals surface area contributed by atoms with Crippen LogP contribution in [-0.2, 0) is 0 Å². The van der Waals surface area contributed by atoms with Gasteiger partial charge in [-0.05, 0) is 37.8 Å². The zero-order valence-electron chi connectivity index (χ0n) is 11.8. The minimum atomic E-state index is -0.370. The number of urea groups is 1. The second kappa shape index (κ2) is 6.23. The Balaban J connectivity index is 1.97. The number of nitrogens with zero attached hydrogens (tertiary/aromatic N) is 1. The number of benzene rings is 1. The Morgan fingerprint density at radius 1 is 1.35 bits per heavy atom. The molecule has 0 radical (unpaired) electrons. The Kier molecular flexibility index (Phi) is 4.40. The highest BCUT2D eigenvalue weighted by molar-refractivity contribution is 6.02. The van der Waals surface area contributed by atoms with Gasteiger partial charge in [0.25, 0.3) is 0 Å². The number of carbonyl (C=O) groups is 1. The Morgan fingerprint density at radius 3 is 2.65 bits per heavy atom. The molecule has 0 aromatic heterocycles. The van der Waals surface area contributed by atoms with E-state index in [0.29, 0.717) is 0 Å². The number of allylic oxidation sites excluding steroid dienone is 1. The monoisotopic (exact) mass is 272 g/mol. The van der Waals surface area contributed by atoms with Gasteiger partial charge in [-0.15, -0.1) is 0 Å². The average Bonchev–Trinajstić information content (AvgIpc) is 2.86. The van der Waals surface area contributed by atoms with Crippen LogP contribution in [0.1, 0.15) is 24.0 Å². The molecule has 1 atom stereocenters. The minimum absolute atomic E-state index is 0.0792. The first-order valence-corrected chi connectivity index (χ1v) is 6.70. The van der Waals surface area contributed by atoms with Crippen molar-refractivity contribution < 1.29 is 4.79 Å². The molecule has 5 nitrogen and oxygen atoms in total. The highest BCUT2D eigenvalue weighted by atomic mass is 16.2. The molecule has 5 heteroatoms. The summed E-state index contributed by atoms with van der Waals surface area (Å²) in [5.74, 6) is 0.144. The number of guanidine groups is 1. The molecule has 0 fully saturated rings. The summed E-state index contributed by atoms with van der Waals surface area (Å²) in [5.41, 5.74) is 8.55. The largest absolute Gasteiger partial charge is 0.370 e. The number of aryl methyl sites for hydroxylation is 2. The van der Waals surface area contributed by atoms with Crippen LogP contribution >= 0.6 is 0 Å². The van der Waals surface area contributed by atoms with Crippen molar-refractivity contribution in [2.24, 2.45) is 10.7 Å². The van der Waals surface area contributed by atoms with Crippen molar-refractivity contribution in [3.8, 4) is 0 Å². The normalized spacial score (nSPS) is 18.1. The third kappa shape index (κ3) is 3.60. The van der Waals surface area contributed by atoms with Gasteiger partial charge < -0.3 is 11.1 Å². The lowest BCUT2D eigenvalue weighted by atomic mass is 10.1. The molecule has 2 amide bonds. The van der Waals surface area contributed by atoms with Gasteiger partial charge in [0.2, 0.25) is 0 Å². The van der Waals surface area contributed by atoms with Gasteiger partial charge in [0.15, 0.2) is 5.96 Å². The zero-order chi connectivity index (χ0) is 14.5. The fourth-order valence-electron chi connectivity index (χ4n) is 2.21. The summed E-state index contributed by atoms with van der Waals surface area (Å²) >= 11 is 0. The lowest BCUT2D eigenvalue weighted by Crippen LogP contribution is -2.40. The number of rotatable bonds is 2. The Morgan fingerprint density at radius 2 is 2.05 bits per heavy atom. The maximum absolute atomic E-state index is 11.9. The standard InChI is InChI=1S/C15H20N4O/c1-10-6-5-7-11(2)13(10)18-15(20)19-14(16)17-12-8-3-4-9-12/h3,5-8,12H,4,9H2,1-2H3,(H4,16,17,18,19,20). The number of nitrogens with two attached hydrogens (primary N) is 1. The number of hydrogen-bond acceptors (Lipinski definition) is 2. The molecule has 1 aliphatic carbocycles. The average molecular weight is 272 g/mol. The smallest absolute Gasteiger partial charge is 0.326 e. The van der Waals surface area contributed by atoms with Crippen LogP contribution in [0.5, 0.6) is 0 Å². The molecule has 1 unspecified atom stereocenters. The molecule has 0 spiro atoms. The van der Waals surface area contributed by atoms with E-state index in [0.717, 1.165) is 29.7 Å². The quantitative estimate of drug-likeness (QED) is 0.439. The van der Waals surface area contributed by atoms with Gasteiger partial charge in [0.05, 0.1) is 6.04 Å². The molecular formula is C15H20N4O. The summed E-state index contributed by atoms with van der Waals surface area (Å²) < 4.78 is 0. The first-order chi connectivity index (χ1) is 9.56. The third-order valence-electron chi connectivity index (χ3n) is 3.25. The molecule has 1 aromatic rings. The predicted octanol–water partition coefficient (Wildman–Crippen LogP) is 2.46. The van der Waals surface area contributed by atoms with Gasteiger partial charge >= 0.3 is 6.03 Å². The summed E-state index contributed by atoms with van der Waals surface area (Å²) in [6, 6.07) is 5.56. The molecular weight excluding hydrogens is 252 g/mol. The maximum atomic E-state index is 11.9. The molecule has 2 rings (SSSR count). The van der Waals surface area contributed by atoms with Crippen molar-refractivity contribution >= 4 is 17.7 Å². The maximum Gasteiger partial charge on any atom is 0.326 e. The van der Waals surface area contributed by atoms with Crippen molar-refractivity contribution in [3.63, 3.8) is 0 Å². The highest BCUT2D eigenvalue weighted by Gasteiger charge is 2.10. The molecule has 0 bridgehead atoms. The number of amides is 2.